The van der Waals surface area contributed by atoms with Crippen LogP contribution in [0.3, 0.4) is 0 Å². The van der Waals surface area contributed by atoms with Gasteiger partial charge in [0, 0.05) is 24.5 Å². The maximum Gasteiger partial charge on any atom is 0.251 e. The van der Waals surface area contributed by atoms with Crippen molar-refractivity contribution in [3.63, 3.8) is 0 Å². The number of carbonyl (C=O) groups is 1. The minimum atomic E-state index is -0.541. The Kier molecular flexibility index (Phi) is 4.87. The fourth-order valence-corrected chi connectivity index (χ4v) is 1.78. The molecule has 110 valence electrons. The minimum Gasteiger partial charge on any atom is -0.488 e. The molecule has 0 unspecified atom stereocenters. The van der Waals surface area contributed by atoms with E-state index in [1.807, 2.05) is 13.8 Å². The maximum atomic E-state index is 13.8. The Morgan fingerprint density at radius 2 is 2.00 bits per heavy atom. The van der Waals surface area contributed by atoms with E-state index in [9.17, 15) is 9.18 Å². The number of hydrogen-bond acceptors (Lipinski definition) is 3. The number of amides is 1. The molecule has 21 heavy (non-hydrogen) atoms. The molecule has 0 bridgehead atoms. The van der Waals surface area contributed by atoms with Gasteiger partial charge in [-0.15, -0.1) is 0 Å². The van der Waals surface area contributed by atoms with Gasteiger partial charge >= 0.3 is 0 Å². The van der Waals surface area contributed by atoms with Crippen LogP contribution in [-0.4, -0.2) is 17.0 Å². The fourth-order valence-electron chi connectivity index (χ4n) is 1.78. The molecule has 0 aliphatic rings. The number of nitrogens with one attached hydrogen (secondary N) is 1. The Morgan fingerprint density at radius 3 is 2.62 bits per heavy atom. The number of carbonyl (C=O) groups excluding carboxylic acids is 1. The molecule has 0 aliphatic carbocycles. The van der Waals surface area contributed by atoms with E-state index >= 15 is 0 Å². The third kappa shape index (κ3) is 4.27. The lowest BCUT2D eigenvalue weighted by atomic mass is 10.2. The predicted octanol–water partition coefficient (Wildman–Crippen LogP) is 2.94. The lowest BCUT2D eigenvalue weighted by molar-refractivity contribution is 0.0950. The minimum absolute atomic E-state index is 0.120. The lowest BCUT2D eigenvalue weighted by Gasteiger charge is -2.11. The van der Waals surface area contributed by atoms with E-state index in [4.69, 9.17) is 4.74 Å². The van der Waals surface area contributed by atoms with Gasteiger partial charge in [0.15, 0.2) is 11.6 Å². The Labute approximate surface area is 123 Å². The molecule has 1 amide bonds. The van der Waals surface area contributed by atoms with Crippen molar-refractivity contribution in [3.8, 4) is 5.75 Å². The third-order valence-electron chi connectivity index (χ3n) is 2.76. The number of pyridine rings is 1. The molecule has 0 fully saturated rings. The summed E-state index contributed by atoms with van der Waals surface area (Å²) in [5, 5.41) is 2.73. The van der Waals surface area contributed by atoms with Gasteiger partial charge in [0.05, 0.1) is 6.10 Å². The molecule has 0 saturated carbocycles. The SMILES string of the molecule is CC(C)Oc1ccc(C(=O)NCc2ccncc2)cc1F. The highest BCUT2D eigenvalue weighted by Crippen LogP contribution is 2.19. The molecule has 5 heteroatoms. The Morgan fingerprint density at radius 1 is 1.29 bits per heavy atom. The highest BCUT2D eigenvalue weighted by Gasteiger charge is 2.11. The Hall–Kier alpha value is -2.43. The van der Waals surface area contributed by atoms with Gasteiger partial charge in [-0.25, -0.2) is 4.39 Å². The monoisotopic (exact) mass is 288 g/mol. The lowest BCUT2D eigenvalue weighted by Crippen LogP contribution is -2.23. The van der Waals surface area contributed by atoms with Crippen LogP contribution in [-0.2, 0) is 6.54 Å². The summed E-state index contributed by atoms with van der Waals surface area (Å²) >= 11 is 0. The zero-order valence-electron chi connectivity index (χ0n) is 12.0. The van der Waals surface area contributed by atoms with Crippen LogP contribution in [0.2, 0.25) is 0 Å². The Bertz CT molecular complexity index is 615. The molecule has 2 rings (SSSR count). The van der Waals surface area contributed by atoms with Gasteiger partial charge in [-0.1, -0.05) is 0 Å². The molecule has 0 spiro atoms. The number of halogens is 1. The number of nitrogens with zero attached hydrogens (tertiary/aromatic N) is 1. The van der Waals surface area contributed by atoms with E-state index in [1.165, 1.54) is 12.1 Å². The summed E-state index contributed by atoms with van der Waals surface area (Å²) in [5.74, 6) is -0.724. The zero-order chi connectivity index (χ0) is 15.2. The van der Waals surface area contributed by atoms with Gasteiger partial charge in [-0.2, -0.15) is 0 Å². The van der Waals surface area contributed by atoms with E-state index in [0.717, 1.165) is 5.56 Å². The van der Waals surface area contributed by atoms with Crippen LogP contribution < -0.4 is 10.1 Å². The fraction of sp³-hybridized carbons (Fsp3) is 0.250. The highest BCUT2D eigenvalue weighted by molar-refractivity contribution is 5.94. The van der Waals surface area contributed by atoms with Gasteiger partial charge in [-0.3, -0.25) is 9.78 Å². The topological polar surface area (TPSA) is 51.2 Å². The van der Waals surface area contributed by atoms with Crippen molar-refractivity contribution in [2.75, 3.05) is 0 Å². The summed E-state index contributed by atoms with van der Waals surface area (Å²) in [6, 6.07) is 7.81. The summed E-state index contributed by atoms with van der Waals surface area (Å²) in [6.45, 7) is 4.00. The first kappa shape index (κ1) is 15.0. The summed E-state index contributed by atoms with van der Waals surface area (Å²) < 4.78 is 19.1. The van der Waals surface area contributed by atoms with E-state index in [-0.39, 0.29) is 23.3 Å². The quantitative estimate of drug-likeness (QED) is 0.920. The van der Waals surface area contributed by atoms with Crippen LogP contribution in [0, 0.1) is 5.82 Å². The van der Waals surface area contributed by atoms with Crippen molar-refractivity contribution in [2.24, 2.45) is 0 Å². The second-order valence-electron chi connectivity index (χ2n) is 4.85. The number of benzene rings is 1. The van der Waals surface area contributed by atoms with E-state index in [0.29, 0.717) is 6.54 Å². The number of aromatic nitrogens is 1. The van der Waals surface area contributed by atoms with Crippen LogP contribution in [0.1, 0.15) is 29.8 Å². The molecule has 0 saturated heterocycles. The summed E-state index contributed by atoms with van der Waals surface area (Å²) in [6.07, 6.45) is 3.18. The highest BCUT2D eigenvalue weighted by atomic mass is 19.1. The van der Waals surface area contributed by atoms with Crippen LogP contribution in [0.15, 0.2) is 42.7 Å². The predicted molar refractivity (Wildman–Crippen MR) is 77.6 cm³/mol. The van der Waals surface area contributed by atoms with Crippen molar-refractivity contribution in [2.45, 2.75) is 26.5 Å². The number of hydrogen-bond donors (Lipinski definition) is 1. The first-order valence-electron chi connectivity index (χ1n) is 6.69. The van der Waals surface area contributed by atoms with Crippen molar-refractivity contribution in [1.29, 1.82) is 0 Å². The smallest absolute Gasteiger partial charge is 0.251 e. The van der Waals surface area contributed by atoms with Crippen molar-refractivity contribution < 1.29 is 13.9 Å². The van der Waals surface area contributed by atoms with Gasteiger partial charge < -0.3 is 10.1 Å². The molecule has 4 nitrogen and oxygen atoms in total. The van der Waals surface area contributed by atoms with E-state index < -0.39 is 5.82 Å². The molecular formula is C16H17FN2O2. The van der Waals surface area contributed by atoms with Gasteiger partial charge in [-0.05, 0) is 49.7 Å². The van der Waals surface area contributed by atoms with Crippen LogP contribution in [0.5, 0.6) is 5.75 Å². The van der Waals surface area contributed by atoms with Crippen molar-refractivity contribution >= 4 is 5.91 Å². The zero-order valence-corrected chi connectivity index (χ0v) is 12.0. The Balaban J connectivity index is 2.01. The molecule has 1 aromatic heterocycles. The summed E-state index contributed by atoms with van der Waals surface area (Å²) in [5.41, 5.74) is 1.19. The first-order chi connectivity index (χ1) is 10.1. The van der Waals surface area contributed by atoms with Crippen LogP contribution in [0.4, 0.5) is 4.39 Å². The second kappa shape index (κ2) is 6.83. The van der Waals surface area contributed by atoms with Crippen molar-refractivity contribution in [3.05, 3.63) is 59.7 Å². The van der Waals surface area contributed by atoms with E-state index in [2.05, 4.69) is 10.3 Å². The molecule has 0 aliphatic heterocycles. The summed E-state index contributed by atoms with van der Waals surface area (Å²) in [4.78, 5) is 15.9. The molecule has 2 aromatic rings. The van der Waals surface area contributed by atoms with E-state index in [1.54, 1.807) is 30.6 Å². The molecule has 0 atom stereocenters. The maximum absolute atomic E-state index is 13.8. The van der Waals surface area contributed by atoms with Gasteiger partial charge in [0.2, 0.25) is 0 Å². The molecule has 1 N–H and O–H groups in total. The molecule has 0 radical (unpaired) electrons. The number of rotatable bonds is 5. The first-order valence-corrected chi connectivity index (χ1v) is 6.69. The number of ether oxygens (including phenoxy) is 1. The van der Waals surface area contributed by atoms with Crippen molar-refractivity contribution in [1.82, 2.24) is 10.3 Å². The average molecular weight is 288 g/mol. The standard InChI is InChI=1S/C16H17FN2O2/c1-11(2)21-15-4-3-13(9-14(15)17)16(20)19-10-12-5-7-18-8-6-12/h3-9,11H,10H2,1-2H3,(H,19,20). The largest absolute Gasteiger partial charge is 0.488 e. The second-order valence-corrected chi connectivity index (χ2v) is 4.85. The molecule has 1 aromatic carbocycles. The van der Waals surface area contributed by atoms with Crippen LogP contribution in [0.25, 0.3) is 0 Å². The summed E-state index contributed by atoms with van der Waals surface area (Å²) in [7, 11) is 0. The van der Waals surface area contributed by atoms with Gasteiger partial charge in [0.1, 0.15) is 0 Å². The molecular weight excluding hydrogens is 271 g/mol. The average Bonchev–Trinajstić information content (AvgIpc) is 2.47. The van der Waals surface area contributed by atoms with Crippen LogP contribution >= 0.6 is 0 Å². The molecule has 1 heterocycles. The third-order valence-corrected chi connectivity index (χ3v) is 2.76. The normalized spacial score (nSPS) is 10.5. The van der Waals surface area contributed by atoms with Gasteiger partial charge in [0.25, 0.3) is 5.91 Å².